The maximum Gasteiger partial charge on any atom is 0.322 e. The summed E-state index contributed by atoms with van der Waals surface area (Å²) in [5, 5.41) is 2.77. The molecule has 0 saturated heterocycles. The Morgan fingerprint density at radius 3 is 2.67 bits per heavy atom. The van der Waals surface area contributed by atoms with Gasteiger partial charge in [0.2, 0.25) is 5.88 Å². The largest absolute Gasteiger partial charge is 0.476 e. The monoisotopic (exact) mass is 297 g/mol. The van der Waals surface area contributed by atoms with Gasteiger partial charge >= 0.3 is 6.03 Å². The maximum atomic E-state index is 12.3. The molecule has 0 aliphatic heterocycles. The van der Waals surface area contributed by atoms with E-state index in [0.717, 1.165) is 0 Å². The lowest BCUT2D eigenvalue weighted by atomic mass is 10.3. The molecule has 0 spiro atoms. The van der Waals surface area contributed by atoms with Crippen LogP contribution in [0.4, 0.5) is 10.5 Å². The number of carbonyl (C=O) groups excluding carboxylic acids is 1. The summed E-state index contributed by atoms with van der Waals surface area (Å²) in [4.78, 5) is 17.9. The number of likely N-dealkylation sites (N-methyl/N-ethyl adjacent to an activating group) is 1. The summed E-state index contributed by atoms with van der Waals surface area (Å²) in [5.41, 5.74) is 0.523. The highest BCUT2D eigenvalue weighted by Crippen LogP contribution is 2.21. The van der Waals surface area contributed by atoms with E-state index >= 15 is 0 Å². The topological polar surface area (TPSA) is 72.9 Å². The first-order chi connectivity index (χ1) is 10.0. The number of rotatable bonds is 7. The first kappa shape index (κ1) is 17.2. The van der Waals surface area contributed by atoms with Crippen molar-refractivity contribution >= 4 is 11.7 Å². The number of urea groups is 1. The van der Waals surface area contributed by atoms with Gasteiger partial charge in [0.15, 0.2) is 6.29 Å². The first-order valence-corrected chi connectivity index (χ1v) is 6.72. The second kappa shape index (κ2) is 8.43. The van der Waals surface area contributed by atoms with Crippen molar-refractivity contribution in [1.29, 1.82) is 0 Å². The zero-order chi connectivity index (χ0) is 15.8. The zero-order valence-corrected chi connectivity index (χ0v) is 13.1. The van der Waals surface area contributed by atoms with Crippen LogP contribution in [-0.4, -0.2) is 56.1 Å². The second-order valence-corrected chi connectivity index (χ2v) is 4.41. The van der Waals surface area contributed by atoms with E-state index in [1.807, 2.05) is 13.8 Å². The molecule has 0 fully saturated rings. The fraction of sp³-hybridized carbons (Fsp3) is 0.571. The molecular weight excluding hydrogens is 274 g/mol. The minimum absolute atomic E-state index is 0.257. The first-order valence-electron chi connectivity index (χ1n) is 6.72. The predicted molar refractivity (Wildman–Crippen MR) is 79.5 cm³/mol. The third kappa shape index (κ3) is 4.57. The van der Waals surface area contributed by atoms with Crippen LogP contribution in [0.25, 0.3) is 0 Å². The van der Waals surface area contributed by atoms with Crippen LogP contribution < -0.4 is 10.1 Å². The number of ether oxygens (including phenoxy) is 3. The Labute approximate surface area is 125 Å². The molecule has 7 heteroatoms. The minimum atomic E-state index is -0.499. The number of carbonyl (C=O) groups is 1. The molecule has 0 aliphatic carbocycles. The molecule has 1 rings (SSSR count). The van der Waals surface area contributed by atoms with Gasteiger partial charge in [0, 0.05) is 27.5 Å². The summed E-state index contributed by atoms with van der Waals surface area (Å²) < 4.78 is 15.7. The van der Waals surface area contributed by atoms with Gasteiger partial charge in [0.05, 0.1) is 12.6 Å². The SMILES string of the molecule is CCOc1ncccc1NC(=O)N(C)[C@@H](C)C(OC)OC. The Bertz CT molecular complexity index is 452. The summed E-state index contributed by atoms with van der Waals surface area (Å²) in [5.74, 6) is 0.393. The average molecular weight is 297 g/mol. The molecule has 1 aromatic rings. The molecule has 1 N–H and O–H groups in total. The Morgan fingerprint density at radius 2 is 2.10 bits per heavy atom. The molecule has 118 valence electrons. The molecule has 0 bridgehead atoms. The van der Waals surface area contributed by atoms with Gasteiger partial charge in [-0.05, 0) is 26.0 Å². The summed E-state index contributed by atoms with van der Waals surface area (Å²) in [6.07, 6.45) is 1.11. The third-order valence-corrected chi connectivity index (χ3v) is 3.08. The Balaban J connectivity index is 2.76. The molecule has 0 aliphatic rings. The molecular formula is C14H23N3O4. The molecule has 1 aromatic heterocycles. The molecule has 2 amide bonds. The van der Waals surface area contributed by atoms with Gasteiger partial charge in [0.1, 0.15) is 5.69 Å². The highest BCUT2D eigenvalue weighted by Gasteiger charge is 2.24. The van der Waals surface area contributed by atoms with Crippen LogP contribution in [-0.2, 0) is 9.47 Å². The van der Waals surface area contributed by atoms with Crippen molar-refractivity contribution in [2.45, 2.75) is 26.2 Å². The van der Waals surface area contributed by atoms with Crippen molar-refractivity contribution in [2.75, 3.05) is 33.2 Å². The van der Waals surface area contributed by atoms with E-state index in [-0.39, 0.29) is 12.1 Å². The van der Waals surface area contributed by atoms with Gasteiger partial charge in [0.25, 0.3) is 0 Å². The number of amides is 2. The average Bonchev–Trinajstić information content (AvgIpc) is 2.49. The van der Waals surface area contributed by atoms with E-state index in [2.05, 4.69) is 10.3 Å². The van der Waals surface area contributed by atoms with Crippen molar-refractivity contribution in [1.82, 2.24) is 9.88 Å². The minimum Gasteiger partial charge on any atom is -0.476 e. The fourth-order valence-corrected chi connectivity index (χ4v) is 1.80. The highest BCUT2D eigenvalue weighted by atomic mass is 16.7. The fourth-order valence-electron chi connectivity index (χ4n) is 1.80. The van der Waals surface area contributed by atoms with Crippen LogP contribution in [0.2, 0.25) is 0 Å². The van der Waals surface area contributed by atoms with Crippen LogP contribution in [0.1, 0.15) is 13.8 Å². The number of hydrogen-bond donors (Lipinski definition) is 1. The summed E-state index contributed by atoms with van der Waals surface area (Å²) in [6, 6.07) is 2.91. The standard InChI is InChI=1S/C14H23N3O4/c1-6-21-12-11(8-7-9-15-12)16-14(18)17(3)10(2)13(19-4)20-5/h7-10,13H,6H2,1-5H3,(H,16,18)/t10-/m0/s1. The van der Waals surface area contributed by atoms with Crippen molar-refractivity contribution in [3.8, 4) is 5.88 Å². The van der Waals surface area contributed by atoms with Gasteiger partial charge in [-0.1, -0.05) is 0 Å². The molecule has 0 saturated carbocycles. The lowest BCUT2D eigenvalue weighted by Crippen LogP contribution is -2.46. The zero-order valence-electron chi connectivity index (χ0n) is 13.1. The molecule has 0 unspecified atom stereocenters. The second-order valence-electron chi connectivity index (χ2n) is 4.41. The number of hydrogen-bond acceptors (Lipinski definition) is 5. The van der Waals surface area contributed by atoms with Crippen molar-refractivity contribution in [3.05, 3.63) is 18.3 Å². The van der Waals surface area contributed by atoms with Crippen LogP contribution in [0.15, 0.2) is 18.3 Å². The van der Waals surface area contributed by atoms with Gasteiger partial charge in [-0.15, -0.1) is 0 Å². The lowest BCUT2D eigenvalue weighted by molar-refractivity contribution is -0.132. The Hall–Kier alpha value is -1.86. The van der Waals surface area contributed by atoms with E-state index in [1.54, 1.807) is 25.4 Å². The number of pyridine rings is 1. The molecule has 0 radical (unpaired) electrons. The Kier molecular flexibility index (Phi) is 6.90. The van der Waals surface area contributed by atoms with E-state index in [0.29, 0.717) is 18.2 Å². The molecule has 1 heterocycles. The summed E-state index contributed by atoms with van der Waals surface area (Å²) in [7, 11) is 4.73. The van der Waals surface area contributed by atoms with Crippen molar-refractivity contribution < 1.29 is 19.0 Å². The summed E-state index contributed by atoms with van der Waals surface area (Å²) in [6.45, 7) is 4.17. The predicted octanol–water partition coefficient (Wildman–Crippen LogP) is 1.95. The van der Waals surface area contributed by atoms with E-state index in [9.17, 15) is 4.79 Å². The molecule has 1 atom stereocenters. The van der Waals surface area contributed by atoms with E-state index in [4.69, 9.17) is 14.2 Å². The number of aromatic nitrogens is 1. The normalized spacial score (nSPS) is 12.1. The van der Waals surface area contributed by atoms with Gasteiger partial charge < -0.3 is 24.4 Å². The van der Waals surface area contributed by atoms with Crippen molar-refractivity contribution in [2.24, 2.45) is 0 Å². The van der Waals surface area contributed by atoms with Gasteiger partial charge in [-0.2, -0.15) is 0 Å². The van der Waals surface area contributed by atoms with E-state index in [1.165, 1.54) is 19.1 Å². The van der Waals surface area contributed by atoms with Crippen LogP contribution >= 0.6 is 0 Å². The third-order valence-electron chi connectivity index (χ3n) is 3.08. The smallest absolute Gasteiger partial charge is 0.322 e. The summed E-state index contributed by atoms with van der Waals surface area (Å²) >= 11 is 0. The maximum absolute atomic E-state index is 12.3. The van der Waals surface area contributed by atoms with Gasteiger partial charge in [-0.3, -0.25) is 0 Å². The van der Waals surface area contributed by atoms with E-state index < -0.39 is 6.29 Å². The van der Waals surface area contributed by atoms with Crippen LogP contribution in [0.5, 0.6) is 5.88 Å². The Morgan fingerprint density at radius 1 is 1.43 bits per heavy atom. The highest BCUT2D eigenvalue weighted by molar-refractivity contribution is 5.90. The quantitative estimate of drug-likeness (QED) is 0.779. The number of anilines is 1. The van der Waals surface area contributed by atoms with Crippen molar-refractivity contribution in [3.63, 3.8) is 0 Å². The number of methoxy groups -OCH3 is 2. The molecule has 0 aromatic carbocycles. The van der Waals surface area contributed by atoms with Crippen LogP contribution in [0, 0.1) is 0 Å². The van der Waals surface area contributed by atoms with Gasteiger partial charge in [-0.25, -0.2) is 9.78 Å². The molecule has 21 heavy (non-hydrogen) atoms. The molecule has 7 nitrogen and oxygen atoms in total. The number of nitrogens with one attached hydrogen (secondary N) is 1. The number of nitrogens with zero attached hydrogens (tertiary/aromatic N) is 2. The van der Waals surface area contributed by atoms with Crippen LogP contribution in [0.3, 0.4) is 0 Å². The lowest BCUT2D eigenvalue weighted by Gasteiger charge is -2.30.